The van der Waals surface area contributed by atoms with Gasteiger partial charge in [0.25, 0.3) is 0 Å². The SMILES string of the molecule is CCCN(CC(=O)N[C@H](C(=O)N[C@@H](CCCNC(=O)OCc1ccccc1)C(=O)NC1=NCCC(C)S1)C(C)C)C(=O)[C@H](/C=C/[C@H](CC(C)C)NC(=O)OC(C)(C)C)Cc1ccccc1. The fraction of sp³-hybridized carbons (Fsp3) is 0.571. The van der Waals surface area contributed by atoms with Crippen LogP contribution in [0.4, 0.5) is 9.59 Å². The first-order chi connectivity index (χ1) is 30.8. The highest BCUT2D eigenvalue weighted by molar-refractivity contribution is 8.14. The van der Waals surface area contributed by atoms with Crippen molar-refractivity contribution in [1.29, 1.82) is 0 Å². The van der Waals surface area contributed by atoms with Gasteiger partial charge in [0.1, 0.15) is 24.3 Å². The van der Waals surface area contributed by atoms with Gasteiger partial charge in [-0.3, -0.25) is 24.2 Å². The minimum absolute atomic E-state index is 0.109. The van der Waals surface area contributed by atoms with Gasteiger partial charge in [0.05, 0.1) is 18.5 Å². The number of aliphatic imine (C=N–C) groups is 1. The first-order valence-corrected chi connectivity index (χ1v) is 23.8. The smallest absolute Gasteiger partial charge is 0.408 e. The van der Waals surface area contributed by atoms with Gasteiger partial charge in [0.2, 0.25) is 23.6 Å². The number of benzene rings is 2. The summed E-state index contributed by atoms with van der Waals surface area (Å²) in [6.45, 7) is 17.9. The Labute approximate surface area is 390 Å². The second kappa shape index (κ2) is 27.8. The third kappa shape index (κ3) is 21.4. The molecule has 2 aromatic carbocycles. The van der Waals surface area contributed by atoms with E-state index in [4.69, 9.17) is 9.47 Å². The Bertz CT molecular complexity index is 1890. The van der Waals surface area contributed by atoms with Crippen molar-refractivity contribution in [3.63, 3.8) is 0 Å². The molecule has 1 aliphatic heterocycles. The summed E-state index contributed by atoms with van der Waals surface area (Å²) in [4.78, 5) is 87.2. The molecule has 3 rings (SSSR count). The van der Waals surface area contributed by atoms with Crippen molar-refractivity contribution in [2.45, 2.75) is 136 Å². The van der Waals surface area contributed by atoms with E-state index in [1.54, 1.807) is 40.7 Å². The fourth-order valence-electron chi connectivity index (χ4n) is 6.92. The summed E-state index contributed by atoms with van der Waals surface area (Å²) in [7, 11) is 0. The van der Waals surface area contributed by atoms with Gasteiger partial charge >= 0.3 is 12.2 Å². The molecule has 0 fully saturated rings. The van der Waals surface area contributed by atoms with Crippen LogP contribution in [0.3, 0.4) is 0 Å². The monoisotopic (exact) mass is 920 g/mol. The molecule has 2 aromatic rings. The van der Waals surface area contributed by atoms with Gasteiger partial charge in [-0.15, -0.1) is 0 Å². The van der Waals surface area contributed by atoms with Crippen molar-refractivity contribution in [3.8, 4) is 0 Å². The number of thioether (sulfide) groups is 1. The second-order valence-electron chi connectivity index (χ2n) is 18.2. The molecule has 1 heterocycles. The molecule has 0 aromatic heterocycles. The van der Waals surface area contributed by atoms with Gasteiger partial charge in [-0.25, -0.2) is 9.59 Å². The zero-order chi connectivity index (χ0) is 47.9. The van der Waals surface area contributed by atoms with E-state index in [2.05, 4.69) is 38.5 Å². The van der Waals surface area contributed by atoms with Crippen molar-refractivity contribution in [3.05, 3.63) is 83.9 Å². The highest BCUT2D eigenvalue weighted by Crippen LogP contribution is 2.20. The predicted octanol–water partition coefficient (Wildman–Crippen LogP) is 6.91. The molecular formula is C49H73N7O8S. The van der Waals surface area contributed by atoms with Gasteiger partial charge in [-0.05, 0) is 82.3 Å². The lowest BCUT2D eigenvalue weighted by atomic mass is 9.95. The maximum atomic E-state index is 14.5. The molecule has 16 heteroatoms. The number of amides is 6. The van der Waals surface area contributed by atoms with Gasteiger partial charge in [0, 0.05) is 24.9 Å². The summed E-state index contributed by atoms with van der Waals surface area (Å²) in [6, 6.07) is 16.4. The Balaban J connectivity index is 1.76. The molecule has 358 valence electrons. The first kappa shape index (κ1) is 54.0. The number of rotatable bonds is 23. The molecule has 65 heavy (non-hydrogen) atoms. The van der Waals surface area contributed by atoms with Crippen LogP contribution in [0.2, 0.25) is 0 Å². The molecule has 0 saturated heterocycles. The second-order valence-corrected chi connectivity index (χ2v) is 19.6. The minimum Gasteiger partial charge on any atom is -0.445 e. The van der Waals surface area contributed by atoms with Crippen LogP contribution in [0, 0.1) is 17.8 Å². The standard InChI is InChI=1S/C49H73N7O8S/c1-10-28-56(45(60)38(30-36-18-13-11-14-19-36)23-24-39(29-33(2)3)52-48(62)64-49(7,8)9)31-41(57)54-42(34(4)5)44(59)53-40(43(58)55-46-50-27-25-35(6)65-46)22-17-26-51-47(61)63-32-37-20-15-12-16-21-37/h11-16,18-21,23-24,33-35,38-40,42H,10,17,22,25-32H2,1-9H3,(H,51,61)(H,52,62)(H,53,59)(H,54,57)(H,50,55,58)/b24-23+/t35?,38-,39-,40+,42+/m1/s1. The number of carbonyl (C=O) groups excluding carboxylic acids is 6. The summed E-state index contributed by atoms with van der Waals surface area (Å²) in [5.74, 6) is -2.68. The van der Waals surface area contributed by atoms with Crippen molar-refractivity contribution >= 4 is 52.7 Å². The molecule has 1 aliphatic rings. The van der Waals surface area contributed by atoms with E-state index in [-0.39, 0.29) is 55.7 Å². The average Bonchev–Trinajstić information content (AvgIpc) is 3.23. The Morgan fingerprint density at radius 1 is 0.877 bits per heavy atom. The number of nitrogens with zero attached hydrogens (tertiary/aromatic N) is 2. The lowest BCUT2D eigenvalue weighted by Crippen LogP contribution is -2.57. The van der Waals surface area contributed by atoms with Crippen molar-refractivity contribution in [2.75, 3.05) is 26.2 Å². The largest absolute Gasteiger partial charge is 0.445 e. The minimum atomic E-state index is -1.04. The summed E-state index contributed by atoms with van der Waals surface area (Å²) < 4.78 is 10.8. The van der Waals surface area contributed by atoms with Gasteiger partial charge < -0.3 is 41.0 Å². The van der Waals surface area contributed by atoms with E-state index in [0.29, 0.717) is 37.4 Å². The van der Waals surface area contributed by atoms with Gasteiger partial charge in [0.15, 0.2) is 5.17 Å². The van der Waals surface area contributed by atoms with Crippen LogP contribution < -0.4 is 26.6 Å². The van der Waals surface area contributed by atoms with Crippen LogP contribution >= 0.6 is 11.8 Å². The number of ether oxygens (including phenoxy) is 2. The number of alkyl carbamates (subject to hydrolysis) is 2. The van der Waals surface area contributed by atoms with Crippen LogP contribution in [0.1, 0.15) is 106 Å². The molecule has 0 spiro atoms. The molecule has 0 radical (unpaired) electrons. The van der Waals surface area contributed by atoms with Crippen LogP contribution in [0.15, 0.2) is 77.8 Å². The maximum absolute atomic E-state index is 14.5. The Morgan fingerprint density at radius 3 is 2.14 bits per heavy atom. The van der Waals surface area contributed by atoms with Crippen LogP contribution in [-0.4, -0.2) is 101 Å². The van der Waals surface area contributed by atoms with Crippen molar-refractivity contribution in [2.24, 2.45) is 22.7 Å². The van der Waals surface area contributed by atoms with E-state index in [1.165, 1.54) is 16.7 Å². The maximum Gasteiger partial charge on any atom is 0.408 e. The van der Waals surface area contributed by atoms with Crippen LogP contribution in [0.25, 0.3) is 0 Å². The summed E-state index contributed by atoms with van der Waals surface area (Å²) in [5, 5.41) is 14.9. The van der Waals surface area contributed by atoms with E-state index in [1.807, 2.05) is 87.5 Å². The summed E-state index contributed by atoms with van der Waals surface area (Å²) in [6.07, 6.45) is 5.39. The zero-order valence-corrected chi connectivity index (χ0v) is 40.6. The molecule has 6 amide bonds. The quantitative estimate of drug-likeness (QED) is 0.0581. The lowest BCUT2D eigenvalue weighted by molar-refractivity contribution is -0.139. The van der Waals surface area contributed by atoms with Crippen molar-refractivity contribution < 1.29 is 38.2 Å². The Kier molecular flexibility index (Phi) is 23.1. The third-order valence-electron chi connectivity index (χ3n) is 10.1. The summed E-state index contributed by atoms with van der Waals surface area (Å²) >= 11 is 1.45. The van der Waals surface area contributed by atoms with E-state index >= 15 is 0 Å². The number of hydrogen-bond acceptors (Lipinski definition) is 10. The number of amidine groups is 1. The topological polar surface area (TPSA) is 197 Å². The van der Waals surface area contributed by atoms with Crippen LogP contribution in [0.5, 0.6) is 0 Å². The zero-order valence-electron chi connectivity index (χ0n) is 39.8. The molecule has 0 aliphatic carbocycles. The normalized spacial score (nSPS) is 15.8. The first-order valence-electron chi connectivity index (χ1n) is 22.9. The fourth-order valence-corrected chi connectivity index (χ4v) is 7.85. The molecular weight excluding hydrogens is 847 g/mol. The Morgan fingerprint density at radius 2 is 1.54 bits per heavy atom. The summed E-state index contributed by atoms with van der Waals surface area (Å²) in [5.41, 5.74) is 1.09. The van der Waals surface area contributed by atoms with Gasteiger partial charge in [-0.1, -0.05) is 126 Å². The third-order valence-corrected chi connectivity index (χ3v) is 11.2. The molecule has 0 bridgehead atoms. The molecule has 1 unspecified atom stereocenters. The van der Waals surface area contributed by atoms with E-state index < -0.39 is 59.6 Å². The van der Waals surface area contributed by atoms with Crippen LogP contribution in [-0.2, 0) is 41.7 Å². The molecule has 5 N–H and O–H groups in total. The van der Waals surface area contributed by atoms with Gasteiger partial charge in [-0.2, -0.15) is 0 Å². The number of nitrogens with one attached hydrogen (secondary N) is 5. The highest BCUT2D eigenvalue weighted by atomic mass is 32.2. The van der Waals surface area contributed by atoms with Crippen molar-refractivity contribution in [1.82, 2.24) is 31.5 Å². The highest BCUT2D eigenvalue weighted by Gasteiger charge is 2.32. The molecule has 15 nitrogen and oxygen atoms in total. The van der Waals surface area contributed by atoms with E-state index in [0.717, 1.165) is 17.5 Å². The Hall–Kier alpha value is -5.38. The average molecular weight is 920 g/mol. The number of carbonyl (C=O) groups is 6. The number of hydrogen-bond donors (Lipinski definition) is 5. The predicted molar refractivity (Wildman–Crippen MR) is 257 cm³/mol. The molecule has 0 saturated carbocycles. The lowest BCUT2D eigenvalue weighted by Gasteiger charge is -2.29. The molecule has 5 atom stereocenters. The van der Waals surface area contributed by atoms with E-state index in [9.17, 15) is 28.8 Å².